The lowest BCUT2D eigenvalue weighted by Gasteiger charge is -2.32. The normalized spacial score (nSPS) is 12.2. The fourth-order valence-electron chi connectivity index (χ4n) is 4.18. The summed E-state index contributed by atoms with van der Waals surface area (Å²) in [4.78, 5) is 28.4. The molecule has 7 nitrogen and oxygen atoms in total. The molecule has 0 spiro atoms. The van der Waals surface area contributed by atoms with Crippen LogP contribution in [-0.2, 0) is 26.2 Å². The first-order valence-electron chi connectivity index (χ1n) is 13.5. The fraction of sp³-hybridized carbons (Fsp3) is 0.355. The van der Waals surface area contributed by atoms with E-state index < -0.39 is 28.5 Å². The molecule has 0 saturated carbocycles. The summed E-state index contributed by atoms with van der Waals surface area (Å²) in [5.41, 5.74) is 2.98. The van der Waals surface area contributed by atoms with E-state index in [0.29, 0.717) is 22.8 Å². The lowest BCUT2D eigenvalue weighted by molar-refractivity contribution is -0.139. The first-order valence-corrected chi connectivity index (χ1v) is 15.3. The minimum Gasteiger partial charge on any atom is -0.354 e. The number of anilines is 1. The quantitative estimate of drug-likeness (QED) is 0.287. The monoisotopic (exact) mass is 583 g/mol. The SMILES string of the molecule is CCCNC(=O)C(C)N(Cc1ccccc1Cl)C(=O)CN(c1ccc(C(C)C)cc1)S(=O)(=O)c1ccc(C)cc1. The van der Waals surface area contributed by atoms with Gasteiger partial charge in [-0.3, -0.25) is 13.9 Å². The van der Waals surface area contributed by atoms with Gasteiger partial charge in [-0.15, -0.1) is 0 Å². The van der Waals surface area contributed by atoms with Crippen LogP contribution < -0.4 is 9.62 Å². The van der Waals surface area contributed by atoms with Crippen molar-refractivity contribution in [2.75, 3.05) is 17.4 Å². The zero-order valence-corrected chi connectivity index (χ0v) is 25.3. The average Bonchev–Trinajstić information content (AvgIpc) is 2.93. The molecule has 0 aliphatic rings. The lowest BCUT2D eigenvalue weighted by atomic mass is 10.0. The Morgan fingerprint density at radius 2 is 1.55 bits per heavy atom. The van der Waals surface area contributed by atoms with Crippen LogP contribution in [0, 0.1) is 6.92 Å². The maximum atomic E-state index is 14.0. The summed E-state index contributed by atoms with van der Waals surface area (Å²) in [7, 11) is -4.11. The maximum absolute atomic E-state index is 14.0. The van der Waals surface area contributed by atoms with Crippen LogP contribution in [0.5, 0.6) is 0 Å². The van der Waals surface area contributed by atoms with Gasteiger partial charge in [0.05, 0.1) is 10.6 Å². The minimum atomic E-state index is -4.11. The highest BCUT2D eigenvalue weighted by atomic mass is 35.5. The molecule has 2 amide bonds. The zero-order chi connectivity index (χ0) is 29.4. The third kappa shape index (κ3) is 7.64. The number of amides is 2. The largest absolute Gasteiger partial charge is 0.354 e. The molecule has 3 aromatic carbocycles. The van der Waals surface area contributed by atoms with Crippen molar-refractivity contribution >= 4 is 39.1 Å². The van der Waals surface area contributed by atoms with E-state index in [0.717, 1.165) is 21.9 Å². The van der Waals surface area contributed by atoms with Gasteiger partial charge in [-0.25, -0.2) is 8.42 Å². The third-order valence-corrected chi connectivity index (χ3v) is 8.91. The lowest BCUT2D eigenvalue weighted by Crippen LogP contribution is -2.51. The summed E-state index contributed by atoms with van der Waals surface area (Å²) in [6.07, 6.45) is 0.742. The van der Waals surface area contributed by atoms with Crippen LogP contribution in [0.25, 0.3) is 0 Å². The van der Waals surface area contributed by atoms with Gasteiger partial charge in [-0.2, -0.15) is 0 Å². The van der Waals surface area contributed by atoms with Crippen LogP contribution in [-0.4, -0.2) is 44.3 Å². The summed E-state index contributed by atoms with van der Waals surface area (Å²) in [6, 6.07) is 19.9. The van der Waals surface area contributed by atoms with E-state index in [2.05, 4.69) is 19.2 Å². The van der Waals surface area contributed by atoms with Crippen molar-refractivity contribution in [1.29, 1.82) is 0 Å². The zero-order valence-electron chi connectivity index (χ0n) is 23.7. The van der Waals surface area contributed by atoms with Crippen LogP contribution in [0.15, 0.2) is 77.7 Å². The highest BCUT2D eigenvalue weighted by molar-refractivity contribution is 7.92. The first kappa shape index (κ1) is 31.2. The second kappa shape index (κ2) is 13.8. The second-order valence-electron chi connectivity index (χ2n) is 10.2. The number of benzene rings is 3. The summed E-state index contributed by atoms with van der Waals surface area (Å²) in [6.45, 7) is 9.57. The van der Waals surface area contributed by atoms with E-state index in [1.807, 2.05) is 26.0 Å². The van der Waals surface area contributed by atoms with Crippen LogP contribution in [0.2, 0.25) is 5.02 Å². The average molecular weight is 584 g/mol. The Labute approximate surface area is 243 Å². The predicted molar refractivity (Wildman–Crippen MR) is 161 cm³/mol. The molecular weight excluding hydrogens is 546 g/mol. The van der Waals surface area contributed by atoms with Crippen molar-refractivity contribution in [3.8, 4) is 0 Å². The predicted octanol–water partition coefficient (Wildman–Crippen LogP) is 5.91. The summed E-state index contributed by atoms with van der Waals surface area (Å²) in [5.74, 6) is -0.592. The Bertz CT molecular complexity index is 1410. The molecule has 3 rings (SSSR count). The van der Waals surface area contributed by atoms with Gasteiger partial charge < -0.3 is 10.2 Å². The molecule has 1 unspecified atom stereocenters. The molecule has 0 heterocycles. The summed E-state index contributed by atoms with van der Waals surface area (Å²) in [5, 5.41) is 3.29. The van der Waals surface area contributed by atoms with E-state index in [4.69, 9.17) is 11.6 Å². The smallest absolute Gasteiger partial charge is 0.264 e. The molecular formula is C31H38ClN3O4S. The Hall–Kier alpha value is -3.36. The number of hydrogen-bond acceptors (Lipinski definition) is 4. The molecule has 0 saturated heterocycles. The summed E-state index contributed by atoms with van der Waals surface area (Å²) < 4.78 is 29.0. The molecule has 214 valence electrons. The van der Waals surface area contributed by atoms with E-state index in [9.17, 15) is 18.0 Å². The minimum absolute atomic E-state index is 0.0456. The molecule has 0 aromatic heterocycles. The van der Waals surface area contributed by atoms with Crippen molar-refractivity contribution in [2.45, 2.75) is 64.4 Å². The topological polar surface area (TPSA) is 86.8 Å². The molecule has 40 heavy (non-hydrogen) atoms. The molecule has 0 radical (unpaired) electrons. The van der Waals surface area contributed by atoms with Crippen molar-refractivity contribution in [1.82, 2.24) is 10.2 Å². The first-order chi connectivity index (χ1) is 18.9. The molecule has 1 atom stereocenters. The Balaban J connectivity index is 2.04. The van der Waals surface area contributed by atoms with E-state index in [1.165, 1.54) is 17.0 Å². The summed E-state index contributed by atoms with van der Waals surface area (Å²) >= 11 is 6.40. The van der Waals surface area contributed by atoms with E-state index in [-0.39, 0.29) is 23.3 Å². The number of aryl methyl sites for hydroxylation is 1. The van der Waals surface area contributed by atoms with Gasteiger partial charge in [0.1, 0.15) is 12.6 Å². The van der Waals surface area contributed by atoms with Crippen molar-refractivity contribution in [2.24, 2.45) is 0 Å². The fourth-order valence-corrected chi connectivity index (χ4v) is 5.79. The number of nitrogens with one attached hydrogen (secondary N) is 1. The Morgan fingerprint density at radius 3 is 2.12 bits per heavy atom. The number of hydrogen-bond donors (Lipinski definition) is 1. The van der Waals surface area contributed by atoms with Gasteiger partial charge in [0.15, 0.2) is 0 Å². The standard InChI is InChI=1S/C31H38ClN3O4S/c1-6-19-33-31(37)24(5)34(20-26-9-7-8-10-29(26)32)30(36)21-35(27-15-13-25(14-16-27)22(2)3)40(38,39)28-17-11-23(4)12-18-28/h7-18,22,24H,6,19-21H2,1-5H3,(H,33,37). The van der Waals surface area contributed by atoms with Crippen molar-refractivity contribution in [3.63, 3.8) is 0 Å². The van der Waals surface area contributed by atoms with Crippen LogP contribution in [0.3, 0.4) is 0 Å². The maximum Gasteiger partial charge on any atom is 0.264 e. The Kier molecular flexibility index (Phi) is 10.8. The molecule has 0 aliphatic heterocycles. The van der Waals surface area contributed by atoms with E-state index in [1.54, 1.807) is 55.5 Å². The van der Waals surface area contributed by atoms with Crippen LogP contribution in [0.4, 0.5) is 5.69 Å². The molecule has 0 bridgehead atoms. The number of carbonyl (C=O) groups excluding carboxylic acids is 2. The van der Waals surface area contributed by atoms with Crippen molar-refractivity contribution < 1.29 is 18.0 Å². The molecule has 3 aromatic rings. The number of carbonyl (C=O) groups is 2. The van der Waals surface area contributed by atoms with Gasteiger partial charge in [0.25, 0.3) is 10.0 Å². The molecule has 0 fully saturated rings. The highest BCUT2D eigenvalue weighted by Gasteiger charge is 2.32. The highest BCUT2D eigenvalue weighted by Crippen LogP contribution is 2.27. The second-order valence-corrected chi connectivity index (χ2v) is 12.4. The number of nitrogens with zero attached hydrogens (tertiary/aromatic N) is 2. The third-order valence-electron chi connectivity index (χ3n) is 6.75. The molecule has 9 heteroatoms. The van der Waals surface area contributed by atoms with Gasteiger partial charge in [0, 0.05) is 18.1 Å². The number of sulfonamides is 1. The Morgan fingerprint density at radius 1 is 0.925 bits per heavy atom. The van der Waals surface area contributed by atoms with Gasteiger partial charge in [-0.1, -0.05) is 80.4 Å². The number of rotatable bonds is 12. The van der Waals surface area contributed by atoms with Gasteiger partial charge in [-0.05, 0) is 67.6 Å². The van der Waals surface area contributed by atoms with Gasteiger partial charge >= 0.3 is 0 Å². The molecule has 1 N–H and O–H groups in total. The molecule has 0 aliphatic carbocycles. The van der Waals surface area contributed by atoms with Crippen LogP contribution >= 0.6 is 11.6 Å². The number of halogens is 1. The van der Waals surface area contributed by atoms with Crippen molar-refractivity contribution in [3.05, 3.63) is 94.5 Å². The van der Waals surface area contributed by atoms with E-state index >= 15 is 0 Å². The van der Waals surface area contributed by atoms with Gasteiger partial charge in [0.2, 0.25) is 11.8 Å². The van der Waals surface area contributed by atoms with Crippen LogP contribution in [0.1, 0.15) is 56.7 Å².